The average molecular weight is 755 g/mol. The number of para-hydroxylation sites is 4. The third-order valence-corrected chi connectivity index (χ3v) is 11.8. The largest absolute Gasteiger partial charge is 0.456 e. The molecule has 4 heterocycles. The van der Waals surface area contributed by atoms with Crippen molar-refractivity contribution in [3.05, 3.63) is 182 Å². The van der Waals surface area contributed by atoms with Crippen molar-refractivity contribution in [1.82, 2.24) is 19.5 Å². The maximum Gasteiger partial charge on any atom is 0.238 e. The van der Waals surface area contributed by atoms with Gasteiger partial charge < -0.3 is 8.83 Å². The molecule has 6 nitrogen and oxygen atoms in total. The topological polar surface area (TPSA) is 69.9 Å². The molecule has 0 spiro atoms. The average Bonchev–Trinajstić information content (AvgIpc) is 3.97. The highest BCUT2D eigenvalue weighted by atomic mass is 16.3. The van der Waals surface area contributed by atoms with Crippen LogP contribution in [0.5, 0.6) is 0 Å². The van der Waals surface area contributed by atoms with E-state index < -0.39 is 0 Å². The van der Waals surface area contributed by atoms with E-state index in [2.05, 4.69) is 150 Å². The zero-order valence-electron chi connectivity index (χ0n) is 31.4. The summed E-state index contributed by atoms with van der Waals surface area (Å²) in [4.78, 5) is 15.9. The second-order valence-electron chi connectivity index (χ2n) is 15.2. The SMILES string of the molecule is c1ccc2cc(-c3nc(-c4ccc5c(c4)oc4ccccc45)nc(-n4c5ccccc5c5cccc(-c6c7ccccc7cc7c6oc6ccccc67)c54)n3)ccc2c1. The summed E-state index contributed by atoms with van der Waals surface area (Å²) in [6.45, 7) is 0. The Bertz CT molecular complexity index is 3870. The fourth-order valence-electron chi connectivity index (χ4n) is 9.13. The fraction of sp³-hybridized carbons (Fsp3) is 0. The Morgan fingerprint density at radius 1 is 0.373 bits per heavy atom. The number of hydrogen-bond acceptors (Lipinski definition) is 5. The second-order valence-corrected chi connectivity index (χ2v) is 15.2. The molecule has 9 aromatic carbocycles. The summed E-state index contributed by atoms with van der Waals surface area (Å²) < 4.78 is 15.4. The first-order valence-electron chi connectivity index (χ1n) is 19.8. The van der Waals surface area contributed by atoms with Gasteiger partial charge in [-0.05, 0) is 64.0 Å². The summed E-state index contributed by atoms with van der Waals surface area (Å²) in [5.41, 5.74) is 9.10. The van der Waals surface area contributed by atoms with Crippen molar-refractivity contribution in [2.45, 2.75) is 0 Å². The van der Waals surface area contributed by atoms with Crippen LogP contribution in [-0.4, -0.2) is 19.5 Å². The van der Waals surface area contributed by atoms with Crippen LogP contribution in [0.2, 0.25) is 0 Å². The fourth-order valence-corrected chi connectivity index (χ4v) is 9.13. The Balaban J connectivity index is 1.14. The molecular weight excluding hydrogens is 725 g/mol. The maximum absolute atomic E-state index is 6.80. The third-order valence-electron chi connectivity index (χ3n) is 11.8. The molecule has 0 aliphatic heterocycles. The van der Waals surface area contributed by atoms with Gasteiger partial charge in [-0.15, -0.1) is 0 Å². The van der Waals surface area contributed by atoms with E-state index >= 15 is 0 Å². The Labute approximate surface area is 336 Å². The maximum atomic E-state index is 6.80. The van der Waals surface area contributed by atoms with Crippen LogP contribution >= 0.6 is 0 Å². The third kappa shape index (κ3) is 4.77. The number of hydrogen-bond donors (Lipinski definition) is 0. The highest BCUT2D eigenvalue weighted by Gasteiger charge is 2.24. The lowest BCUT2D eigenvalue weighted by atomic mass is 9.93. The molecule has 0 atom stereocenters. The van der Waals surface area contributed by atoms with Gasteiger partial charge >= 0.3 is 0 Å². The standard InChI is InChI=1S/C53H30N4O2/c1-2-13-32-28-34(25-24-31(32)12-1)51-54-52(35-26-27-40-38-17-6-9-22-45(38)58-47(40)30-35)56-53(55-51)57-44-21-8-5-16-37(44)41-19-11-20-42(49(41)57)48-36-15-4-3-14-33(36)29-43-39-18-7-10-23-46(39)59-50(43)48/h1-30H. The lowest BCUT2D eigenvalue weighted by molar-refractivity contribution is 0.669. The lowest BCUT2D eigenvalue weighted by Crippen LogP contribution is -2.07. The minimum Gasteiger partial charge on any atom is -0.456 e. The van der Waals surface area contributed by atoms with Gasteiger partial charge in [0.25, 0.3) is 0 Å². The number of fused-ring (bicyclic) bond motifs is 11. The highest BCUT2D eigenvalue weighted by molar-refractivity contribution is 6.23. The normalized spacial score (nSPS) is 12.1. The molecule has 0 amide bonds. The van der Waals surface area contributed by atoms with Crippen molar-refractivity contribution < 1.29 is 8.83 Å². The van der Waals surface area contributed by atoms with Crippen LogP contribution in [0.25, 0.3) is 127 Å². The zero-order valence-corrected chi connectivity index (χ0v) is 31.4. The van der Waals surface area contributed by atoms with Crippen LogP contribution in [0, 0.1) is 0 Å². The monoisotopic (exact) mass is 754 g/mol. The first-order valence-corrected chi connectivity index (χ1v) is 19.8. The van der Waals surface area contributed by atoms with Gasteiger partial charge in [0.2, 0.25) is 5.95 Å². The summed E-state index contributed by atoms with van der Waals surface area (Å²) in [6, 6.07) is 63.3. The molecule has 0 radical (unpaired) electrons. The molecule has 274 valence electrons. The molecular formula is C53H30N4O2. The van der Waals surface area contributed by atoms with Crippen molar-refractivity contribution in [1.29, 1.82) is 0 Å². The van der Waals surface area contributed by atoms with Crippen LogP contribution in [0.4, 0.5) is 0 Å². The summed E-state index contributed by atoms with van der Waals surface area (Å²) >= 11 is 0. The van der Waals surface area contributed by atoms with E-state index in [0.717, 1.165) is 109 Å². The smallest absolute Gasteiger partial charge is 0.238 e. The first kappa shape index (κ1) is 32.0. The molecule has 0 unspecified atom stereocenters. The molecule has 4 aromatic heterocycles. The van der Waals surface area contributed by atoms with Gasteiger partial charge in [-0.25, -0.2) is 4.98 Å². The minimum atomic E-state index is 0.516. The van der Waals surface area contributed by atoms with E-state index in [1.54, 1.807) is 0 Å². The predicted octanol–water partition coefficient (Wildman–Crippen LogP) is 14.1. The molecule has 13 rings (SSSR count). The van der Waals surface area contributed by atoms with E-state index in [1.165, 1.54) is 0 Å². The Hall–Kier alpha value is -8.09. The van der Waals surface area contributed by atoms with Crippen LogP contribution in [0.1, 0.15) is 0 Å². The van der Waals surface area contributed by atoms with E-state index in [9.17, 15) is 0 Å². The van der Waals surface area contributed by atoms with Gasteiger partial charge in [0.05, 0.1) is 11.0 Å². The van der Waals surface area contributed by atoms with E-state index in [1.807, 2.05) is 36.4 Å². The van der Waals surface area contributed by atoms with Crippen molar-refractivity contribution in [2.75, 3.05) is 0 Å². The number of rotatable bonds is 4. The van der Waals surface area contributed by atoms with Crippen molar-refractivity contribution in [3.63, 3.8) is 0 Å². The molecule has 0 fully saturated rings. The van der Waals surface area contributed by atoms with Gasteiger partial charge in [-0.2, -0.15) is 9.97 Å². The quantitative estimate of drug-likeness (QED) is 0.179. The minimum absolute atomic E-state index is 0.516. The Kier molecular flexibility index (Phi) is 6.63. The van der Waals surface area contributed by atoms with E-state index in [4.69, 9.17) is 23.8 Å². The van der Waals surface area contributed by atoms with Gasteiger partial charge in [0.15, 0.2) is 11.6 Å². The Morgan fingerprint density at radius 2 is 0.983 bits per heavy atom. The van der Waals surface area contributed by atoms with E-state index in [0.29, 0.717) is 17.6 Å². The first-order chi connectivity index (χ1) is 29.2. The van der Waals surface area contributed by atoms with Crippen LogP contribution in [-0.2, 0) is 0 Å². The molecule has 13 aromatic rings. The molecule has 0 bridgehead atoms. The van der Waals surface area contributed by atoms with Gasteiger partial charge in [0.1, 0.15) is 22.3 Å². The van der Waals surface area contributed by atoms with Gasteiger partial charge in [-0.3, -0.25) is 4.57 Å². The van der Waals surface area contributed by atoms with Crippen LogP contribution < -0.4 is 0 Å². The lowest BCUT2D eigenvalue weighted by Gasteiger charge is -2.14. The molecule has 59 heavy (non-hydrogen) atoms. The number of aromatic nitrogens is 4. The zero-order chi connectivity index (χ0) is 38.6. The summed E-state index contributed by atoms with van der Waals surface area (Å²) in [5, 5.41) is 11.0. The molecule has 0 N–H and O–H groups in total. The van der Waals surface area contributed by atoms with E-state index in [-0.39, 0.29) is 0 Å². The summed E-state index contributed by atoms with van der Waals surface area (Å²) in [5.74, 6) is 1.64. The van der Waals surface area contributed by atoms with Crippen molar-refractivity contribution in [2.24, 2.45) is 0 Å². The summed E-state index contributed by atoms with van der Waals surface area (Å²) in [6.07, 6.45) is 0. The highest BCUT2D eigenvalue weighted by Crippen LogP contribution is 2.45. The number of nitrogens with zero attached hydrogens (tertiary/aromatic N) is 4. The molecule has 6 heteroatoms. The summed E-state index contributed by atoms with van der Waals surface area (Å²) in [7, 11) is 0. The van der Waals surface area contributed by atoms with Gasteiger partial charge in [-0.1, -0.05) is 140 Å². The molecule has 0 aliphatic carbocycles. The molecule has 0 saturated heterocycles. The second kappa shape index (κ2) is 12.2. The van der Waals surface area contributed by atoms with Crippen molar-refractivity contribution in [3.8, 4) is 39.9 Å². The van der Waals surface area contributed by atoms with Crippen LogP contribution in [0.3, 0.4) is 0 Å². The number of furan rings is 2. The van der Waals surface area contributed by atoms with Gasteiger partial charge in [0, 0.05) is 54.6 Å². The molecule has 0 saturated carbocycles. The number of benzene rings is 9. The Morgan fingerprint density at radius 3 is 1.81 bits per heavy atom. The predicted molar refractivity (Wildman–Crippen MR) is 240 cm³/mol. The van der Waals surface area contributed by atoms with Crippen LogP contribution in [0.15, 0.2) is 191 Å². The molecule has 0 aliphatic rings. The van der Waals surface area contributed by atoms with Crippen molar-refractivity contribution >= 4 is 87.2 Å².